The third kappa shape index (κ3) is 3.67. The molecular formula is C16H22N2O. The summed E-state index contributed by atoms with van der Waals surface area (Å²) in [6.07, 6.45) is 2.36. The Balaban J connectivity index is 1.89. The lowest BCUT2D eigenvalue weighted by Crippen LogP contribution is -2.08. The van der Waals surface area contributed by atoms with Crippen LogP contribution in [0, 0.1) is 6.92 Å². The number of benzene rings is 1. The maximum absolute atomic E-state index is 10.3. The molecule has 19 heavy (non-hydrogen) atoms. The van der Waals surface area contributed by atoms with Crippen molar-refractivity contribution in [3.63, 3.8) is 0 Å². The molecule has 3 nitrogen and oxygen atoms in total. The molecule has 1 unspecified atom stereocenters. The predicted molar refractivity (Wildman–Crippen MR) is 77.0 cm³/mol. The van der Waals surface area contributed by atoms with E-state index in [1.165, 1.54) is 5.56 Å². The fourth-order valence-corrected chi connectivity index (χ4v) is 2.38. The highest BCUT2D eigenvalue weighted by atomic mass is 16.3. The van der Waals surface area contributed by atoms with Crippen LogP contribution in [-0.4, -0.2) is 14.9 Å². The van der Waals surface area contributed by atoms with Crippen LogP contribution in [-0.2, 0) is 13.0 Å². The molecular weight excluding hydrogens is 236 g/mol. The zero-order chi connectivity index (χ0) is 13.7. The Hall–Kier alpha value is -1.61. The van der Waals surface area contributed by atoms with E-state index in [4.69, 9.17) is 0 Å². The Bertz CT molecular complexity index is 505. The Morgan fingerprint density at radius 2 is 2.00 bits per heavy atom. The number of rotatable bonds is 6. The van der Waals surface area contributed by atoms with Gasteiger partial charge in [-0.2, -0.15) is 5.10 Å². The molecule has 1 N–H and O–H groups in total. The number of hydrogen-bond donors (Lipinski definition) is 1. The van der Waals surface area contributed by atoms with E-state index >= 15 is 0 Å². The van der Waals surface area contributed by atoms with E-state index in [2.05, 4.69) is 29.4 Å². The van der Waals surface area contributed by atoms with E-state index in [-0.39, 0.29) is 0 Å². The van der Waals surface area contributed by atoms with E-state index in [9.17, 15) is 5.11 Å². The molecule has 2 aromatic rings. The molecule has 0 saturated carbocycles. The highest BCUT2D eigenvalue weighted by Gasteiger charge is 2.13. The zero-order valence-electron chi connectivity index (χ0n) is 11.7. The van der Waals surface area contributed by atoms with Gasteiger partial charge in [0.05, 0.1) is 17.5 Å². The first kappa shape index (κ1) is 13.8. The van der Waals surface area contributed by atoms with Gasteiger partial charge in [0.15, 0.2) is 0 Å². The van der Waals surface area contributed by atoms with E-state index in [1.807, 2.05) is 30.7 Å². The summed E-state index contributed by atoms with van der Waals surface area (Å²) in [6.45, 7) is 4.82. The smallest absolute Gasteiger partial charge is 0.0956 e. The Labute approximate surface area is 114 Å². The lowest BCUT2D eigenvalue weighted by atomic mass is 10.0. The first-order valence-electron chi connectivity index (χ1n) is 6.97. The van der Waals surface area contributed by atoms with Gasteiger partial charge in [-0.1, -0.05) is 30.3 Å². The van der Waals surface area contributed by atoms with Crippen molar-refractivity contribution in [1.29, 1.82) is 0 Å². The molecule has 0 bridgehead atoms. The maximum Gasteiger partial charge on any atom is 0.0956 e. The van der Waals surface area contributed by atoms with Crippen LogP contribution in [0.2, 0.25) is 0 Å². The highest BCUT2D eigenvalue weighted by molar-refractivity contribution is 5.15. The van der Waals surface area contributed by atoms with E-state index < -0.39 is 6.10 Å². The second-order valence-corrected chi connectivity index (χ2v) is 4.92. The molecule has 0 saturated heterocycles. The van der Waals surface area contributed by atoms with Gasteiger partial charge in [0.1, 0.15) is 0 Å². The second kappa shape index (κ2) is 6.53. The monoisotopic (exact) mass is 258 g/mol. The molecule has 1 aromatic carbocycles. The SMILES string of the molecule is CCn1nc(C)cc1C(O)CCCc1ccccc1. The number of nitrogens with zero attached hydrogens (tertiary/aromatic N) is 2. The minimum absolute atomic E-state index is 0.412. The van der Waals surface area contributed by atoms with Gasteiger partial charge in [0.25, 0.3) is 0 Å². The molecule has 3 heteroatoms. The summed E-state index contributed by atoms with van der Waals surface area (Å²) >= 11 is 0. The Kier molecular flexibility index (Phi) is 4.74. The average molecular weight is 258 g/mol. The summed E-state index contributed by atoms with van der Waals surface area (Å²) < 4.78 is 1.89. The first-order chi connectivity index (χ1) is 9.20. The van der Waals surface area contributed by atoms with Crippen molar-refractivity contribution in [2.24, 2.45) is 0 Å². The second-order valence-electron chi connectivity index (χ2n) is 4.92. The number of aryl methyl sites for hydroxylation is 3. The topological polar surface area (TPSA) is 38.0 Å². The Morgan fingerprint density at radius 1 is 1.26 bits per heavy atom. The third-order valence-electron chi connectivity index (χ3n) is 3.36. The fraction of sp³-hybridized carbons (Fsp3) is 0.438. The molecule has 0 aliphatic rings. The van der Waals surface area contributed by atoms with Crippen molar-refractivity contribution in [3.05, 3.63) is 53.3 Å². The summed E-state index contributed by atoms with van der Waals surface area (Å²) in [5.41, 5.74) is 3.24. The predicted octanol–water partition coefficient (Wildman–Crippen LogP) is 3.27. The van der Waals surface area contributed by atoms with Gasteiger partial charge in [-0.05, 0) is 44.7 Å². The van der Waals surface area contributed by atoms with Crippen molar-refractivity contribution in [3.8, 4) is 0 Å². The van der Waals surface area contributed by atoms with Gasteiger partial charge in [-0.15, -0.1) is 0 Å². The summed E-state index contributed by atoms with van der Waals surface area (Å²) in [6, 6.07) is 12.4. The maximum atomic E-state index is 10.3. The summed E-state index contributed by atoms with van der Waals surface area (Å²) in [7, 11) is 0. The van der Waals surface area contributed by atoms with Gasteiger partial charge in [-0.25, -0.2) is 0 Å². The first-order valence-corrected chi connectivity index (χ1v) is 6.97. The van der Waals surface area contributed by atoms with Crippen LogP contribution in [0.5, 0.6) is 0 Å². The standard InChI is InChI=1S/C16H22N2O/c1-3-18-15(12-13(2)17-18)16(19)11-7-10-14-8-5-4-6-9-14/h4-6,8-9,12,16,19H,3,7,10-11H2,1-2H3. The largest absolute Gasteiger partial charge is 0.387 e. The van der Waals surface area contributed by atoms with E-state index in [0.29, 0.717) is 0 Å². The summed E-state index contributed by atoms with van der Waals surface area (Å²) in [4.78, 5) is 0. The van der Waals surface area contributed by atoms with E-state index in [0.717, 1.165) is 37.2 Å². The Morgan fingerprint density at radius 3 is 2.68 bits per heavy atom. The van der Waals surface area contributed by atoms with E-state index in [1.54, 1.807) is 0 Å². The number of aromatic nitrogens is 2. The van der Waals surface area contributed by atoms with Crippen LogP contribution in [0.4, 0.5) is 0 Å². The fourth-order valence-electron chi connectivity index (χ4n) is 2.38. The lowest BCUT2D eigenvalue weighted by Gasteiger charge is -2.12. The zero-order valence-corrected chi connectivity index (χ0v) is 11.7. The molecule has 0 aliphatic carbocycles. The lowest BCUT2D eigenvalue weighted by molar-refractivity contribution is 0.154. The van der Waals surface area contributed by atoms with Crippen LogP contribution in [0.3, 0.4) is 0 Å². The van der Waals surface area contributed by atoms with Crippen LogP contribution in [0.15, 0.2) is 36.4 Å². The molecule has 0 amide bonds. The van der Waals surface area contributed by atoms with Gasteiger partial charge >= 0.3 is 0 Å². The molecule has 1 heterocycles. The van der Waals surface area contributed by atoms with Crippen molar-refractivity contribution < 1.29 is 5.11 Å². The molecule has 102 valence electrons. The van der Waals surface area contributed by atoms with Crippen molar-refractivity contribution in [1.82, 2.24) is 9.78 Å². The van der Waals surface area contributed by atoms with Gasteiger partial charge in [0, 0.05) is 6.54 Å². The normalized spacial score (nSPS) is 12.6. The molecule has 2 rings (SSSR count). The minimum atomic E-state index is -0.412. The number of hydrogen-bond acceptors (Lipinski definition) is 2. The number of aliphatic hydroxyl groups is 1. The molecule has 0 radical (unpaired) electrons. The molecule has 1 atom stereocenters. The highest BCUT2D eigenvalue weighted by Crippen LogP contribution is 2.20. The van der Waals surface area contributed by atoms with Crippen LogP contribution in [0.1, 0.15) is 42.8 Å². The van der Waals surface area contributed by atoms with Crippen LogP contribution < -0.4 is 0 Å². The van der Waals surface area contributed by atoms with Gasteiger partial charge in [0.2, 0.25) is 0 Å². The molecule has 0 spiro atoms. The molecule has 1 aromatic heterocycles. The van der Waals surface area contributed by atoms with Crippen LogP contribution >= 0.6 is 0 Å². The minimum Gasteiger partial charge on any atom is -0.387 e. The number of aliphatic hydroxyl groups excluding tert-OH is 1. The summed E-state index contributed by atoms with van der Waals surface area (Å²) in [5, 5.41) is 14.6. The van der Waals surface area contributed by atoms with Crippen LogP contribution in [0.25, 0.3) is 0 Å². The van der Waals surface area contributed by atoms with Crippen molar-refractivity contribution >= 4 is 0 Å². The van der Waals surface area contributed by atoms with Crippen molar-refractivity contribution in [2.45, 2.75) is 45.8 Å². The average Bonchev–Trinajstić information content (AvgIpc) is 2.81. The van der Waals surface area contributed by atoms with Gasteiger partial charge < -0.3 is 5.11 Å². The molecule has 0 fully saturated rings. The van der Waals surface area contributed by atoms with Gasteiger partial charge in [-0.3, -0.25) is 4.68 Å². The van der Waals surface area contributed by atoms with Crippen molar-refractivity contribution in [2.75, 3.05) is 0 Å². The third-order valence-corrected chi connectivity index (χ3v) is 3.36. The summed E-state index contributed by atoms with van der Waals surface area (Å²) in [5.74, 6) is 0. The molecule has 0 aliphatic heterocycles. The quantitative estimate of drug-likeness (QED) is 0.863.